The molecule has 0 unspecified atom stereocenters. The van der Waals surface area contributed by atoms with E-state index in [1.165, 1.54) is 77.0 Å². The summed E-state index contributed by atoms with van der Waals surface area (Å²) in [5, 5.41) is 8.50. The third-order valence-corrected chi connectivity index (χ3v) is 3.74. The van der Waals surface area contributed by atoms with Crippen molar-refractivity contribution in [3.8, 4) is 0 Å². The van der Waals surface area contributed by atoms with Crippen molar-refractivity contribution in [1.82, 2.24) is 0 Å². The minimum Gasteiger partial charge on any atom is -0.481 e. The molecule has 0 aliphatic heterocycles. The van der Waals surface area contributed by atoms with E-state index in [9.17, 15) is 4.79 Å². The largest absolute Gasteiger partial charge is 0.481 e. The number of hydrogen-bond acceptors (Lipinski definition) is 1. The topological polar surface area (TPSA) is 37.3 Å². The Morgan fingerprint density at radius 2 is 0.950 bits per heavy atom. The molecule has 0 fully saturated rings. The number of carbonyl (C=O) groups is 1. The first-order valence-electron chi connectivity index (χ1n) is 8.49. The van der Waals surface area contributed by atoms with Crippen molar-refractivity contribution in [3.63, 3.8) is 0 Å². The van der Waals surface area contributed by atoms with Crippen molar-refractivity contribution in [1.29, 1.82) is 0 Å². The van der Waals surface area contributed by atoms with Crippen LogP contribution >= 0.6 is 0 Å². The summed E-state index contributed by atoms with van der Waals surface area (Å²) in [6.07, 6.45) is 18.7. The Morgan fingerprint density at radius 1 is 0.650 bits per heavy atom. The molecule has 0 heterocycles. The lowest BCUT2D eigenvalue weighted by Gasteiger charge is -2.02. The second-order valence-corrected chi connectivity index (χ2v) is 5.74. The van der Waals surface area contributed by atoms with Gasteiger partial charge in [0.15, 0.2) is 0 Å². The third-order valence-electron chi connectivity index (χ3n) is 3.74. The summed E-state index contributed by atoms with van der Waals surface area (Å²) in [7, 11) is 0. The Balaban J connectivity index is 0. The van der Waals surface area contributed by atoms with Gasteiger partial charge >= 0.3 is 5.97 Å². The SMILES string of the molecule is CCCCCCCCCCCCCCCCC(=O)O.[Mg]. The van der Waals surface area contributed by atoms with Gasteiger partial charge in [0.05, 0.1) is 0 Å². The van der Waals surface area contributed by atoms with Crippen LogP contribution in [0.3, 0.4) is 0 Å². The molecule has 0 aliphatic carbocycles. The molecule has 0 amide bonds. The Kier molecular flexibility index (Phi) is 21.7. The second kappa shape index (κ2) is 19.2. The number of rotatable bonds is 15. The van der Waals surface area contributed by atoms with E-state index in [0.717, 1.165) is 12.8 Å². The van der Waals surface area contributed by atoms with E-state index in [2.05, 4.69) is 6.92 Å². The molecule has 2 radical (unpaired) electrons. The lowest BCUT2D eigenvalue weighted by molar-refractivity contribution is -0.137. The van der Waals surface area contributed by atoms with Crippen LogP contribution in [0, 0.1) is 0 Å². The van der Waals surface area contributed by atoms with E-state index in [1.54, 1.807) is 0 Å². The first kappa shape index (κ1) is 22.5. The van der Waals surface area contributed by atoms with Gasteiger partial charge < -0.3 is 5.11 Å². The van der Waals surface area contributed by atoms with Crippen molar-refractivity contribution >= 4 is 29.0 Å². The standard InChI is InChI=1S/C17H34O2.Mg/c1-2-3-4-5-6-7-8-9-10-11-12-13-14-15-16-17(18)19;/h2-16H2,1H3,(H,18,19);. The molecule has 0 atom stereocenters. The van der Waals surface area contributed by atoms with Crippen LogP contribution in [-0.4, -0.2) is 34.1 Å². The molecule has 2 nitrogen and oxygen atoms in total. The fourth-order valence-electron chi connectivity index (χ4n) is 2.47. The van der Waals surface area contributed by atoms with Gasteiger partial charge in [-0.15, -0.1) is 0 Å². The highest BCUT2D eigenvalue weighted by atomic mass is 24.3. The summed E-state index contributed by atoms with van der Waals surface area (Å²) in [4.78, 5) is 10.3. The molecule has 0 spiro atoms. The molecule has 0 saturated heterocycles. The molecule has 0 aromatic heterocycles. The van der Waals surface area contributed by atoms with Gasteiger partial charge in [-0.1, -0.05) is 90.4 Å². The highest BCUT2D eigenvalue weighted by Gasteiger charge is 1.96. The van der Waals surface area contributed by atoms with Gasteiger partial charge in [0.1, 0.15) is 0 Å². The summed E-state index contributed by atoms with van der Waals surface area (Å²) in [5.41, 5.74) is 0. The Hall–Kier alpha value is 0.236. The minimum atomic E-state index is -0.654. The Morgan fingerprint density at radius 3 is 1.25 bits per heavy atom. The van der Waals surface area contributed by atoms with Gasteiger partial charge in [-0.25, -0.2) is 0 Å². The zero-order chi connectivity index (χ0) is 14.2. The first-order chi connectivity index (χ1) is 9.27. The third kappa shape index (κ3) is 20.6. The molecule has 116 valence electrons. The van der Waals surface area contributed by atoms with Gasteiger partial charge in [0, 0.05) is 29.5 Å². The molecule has 20 heavy (non-hydrogen) atoms. The maximum atomic E-state index is 10.3. The number of carboxylic acids is 1. The van der Waals surface area contributed by atoms with E-state index in [-0.39, 0.29) is 23.1 Å². The summed E-state index contributed by atoms with van der Waals surface area (Å²) >= 11 is 0. The maximum absolute atomic E-state index is 10.3. The summed E-state index contributed by atoms with van der Waals surface area (Å²) in [5.74, 6) is -0.654. The van der Waals surface area contributed by atoms with Crippen LogP contribution < -0.4 is 0 Å². The van der Waals surface area contributed by atoms with Crippen molar-refractivity contribution in [3.05, 3.63) is 0 Å². The van der Waals surface area contributed by atoms with E-state index in [4.69, 9.17) is 5.11 Å². The predicted molar refractivity (Wildman–Crippen MR) is 88.3 cm³/mol. The zero-order valence-corrected chi connectivity index (χ0v) is 15.1. The molecular formula is C17H34MgO2. The summed E-state index contributed by atoms with van der Waals surface area (Å²) in [6, 6.07) is 0. The Bertz CT molecular complexity index is 195. The second-order valence-electron chi connectivity index (χ2n) is 5.74. The molecule has 3 heteroatoms. The van der Waals surface area contributed by atoms with Crippen molar-refractivity contribution in [2.24, 2.45) is 0 Å². The lowest BCUT2D eigenvalue weighted by Crippen LogP contribution is -1.93. The normalized spacial score (nSPS) is 10.2. The molecular weight excluding hydrogens is 260 g/mol. The monoisotopic (exact) mass is 294 g/mol. The molecule has 0 aromatic rings. The quantitative estimate of drug-likeness (QED) is 0.317. The van der Waals surface area contributed by atoms with Crippen molar-refractivity contribution in [2.75, 3.05) is 0 Å². The van der Waals surface area contributed by atoms with Crippen LogP contribution in [0.5, 0.6) is 0 Å². The van der Waals surface area contributed by atoms with E-state index in [0.29, 0.717) is 6.42 Å². The van der Waals surface area contributed by atoms with Gasteiger partial charge in [-0.2, -0.15) is 0 Å². The highest BCUT2D eigenvalue weighted by Crippen LogP contribution is 2.13. The Labute approximate surface area is 142 Å². The first-order valence-corrected chi connectivity index (χ1v) is 8.49. The fraction of sp³-hybridized carbons (Fsp3) is 0.941. The van der Waals surface area contributed by atoms with Gasteiger partial charge in [-0.05, 0) is 6.42 Å². The number of aliphatic carboxylic acids is 1. The summed E-state index contributed by atoms with van der Waals surface area (Å²) in [6.45, 7) is 2.27. The van der Waals surface area contributed by atoms with Crippen LogP contribution in [-0.2, 0) is 4.79 Å². The summed E-state index contributed by atoms with van der Waals surface area (Å²) < 4.78 is 0. The van der Waals surface area contributed by atoms with Crippen LogP contribution in [0.15, 0.2) is 0 Å². The molecule has 0 aliphatic rings. The van der Waals surface area contributed by atoms with E-state index >= 15 is 0 Å². The van der Waals surface area contributed by atoms with Gasteiger partial charge in [0.2, 0.25) is 0 Å². The van der Waals surface area contributed by atoms with Crippen LogP contribution in [0.4, 0.5) is 0 Å². The minimum absolute atomic E-state index is 0. The smallest absolute Gasteiger partial charge is 0.303 e. The number of unbranched alkanes of at least 4 members (excludes halogenated alkanes) is 13. The molecule has 0 rings (SSSR count). The highest BCUT2D eigenvalue weighted by molar-refractivity contribution is 5.75. The van der Waals surface area contributed by atoms with Crippen LogP contribution in [0.1, 0.15) is 103 Å². The van der Waals surface area contributed by atoms with E-state index in [1.807, 2.05) is 0 Å². The number of hydrogen-bond donors (Lipinski definition) is 1. The van der Waals surface area contributed by atoms with Crippen molar-refractivity contribution in [2.45, 2.75) is 103 Å². The zero-order valence-electron chi connectivity index (χ0n) is 13.7. The van der Waals surface area contributed by atoms with Gasteiger partial charge in [-0.3, -0.25) is 4.79 Å². The molecule has 0 saturated carbocycles. The van der Waals surface area contributed by atoms with E-state index < -0.39 is 5.97 Å². The molecule has 1 N–H and O–H groups in total. The maximum Gasteiger partial charge on any atom is 0.303 e. The molecule has 0 aromatic carbocycles. The number of carboxylic acid groups (broad SMARTS) is 1. The lowest BCUT2D eigenvalue weighted by atomic mass is 10.0. The molecule has 0 bridgehead atoms. The van der Waals surface area contributed by atoms with Crippen molar-refractivity contribution < 1.29 is 9.90 Å². The van der Waals surface area contributed by atoms with Gasteiger partial charge in [0.25, 0.3) is 0 Å². The van der Waals surface area contributed by atoms with Crippen LogP contribution in [0.25, 0.3) is 0 Å². The van der Waals surface area contributed by atoms with Crippen LogP contribution in [0.2, 0.25) is 0 Å². The predicted octanol–water partition coefficient (Wildman–Crippen LogP) is 5.56. The average Bonchev–Trinajstić information content (AvgIpc) is 2.39. The average molecular weight is 295 g/mol. The fourth-order valence-corrected chi connectivity index (χ4v) is 2.47.